The van der Waals surface area contributed by atoms with Crippen molar-refractivity contribution in [2.45, 2.75) is 19.3 Å². The molecule has 0 aliphatic rings. The molecule has 0 bridgehead atoms. The average Bonchev–Trinajstić information content (AvgIpc) is 2.70. The molecule has 0 atom stereocenters. The minimum absolute atomic E-state index is 0.167. The summed E-state index contributed by atoms with van der Waals surface area (Å²) in [6, 6.07) is 12.9. The zero-order valence-electron chi connectivity index (χ0n) is 16.7. The van der Waals surface area contributed by atoms with Gasteiger partial charge in [0, 0.05) is 39.5 Å². The topological polar surface area (TPSA) is 59.2 Å². The minimum atomic E-state index is 0.167. The molecular formula is C24H24ClN3O. The third-order valence-electron chi connectivity index (χ3n) is 4.68. The summed E-state index contributed by atoms with van der Waals surface area (Å²) in [7, 11) is 4.08. The number of unbranched alkanes of at least 4 members (excludes halogenated alkanes) is 1. The Bertz CT molecular complexity index is 1070. The fourth-order valence-electron chi connectivity index (χ4n) is 3.06. The molecule has 29 heavy (non-hydrogen) atoms. The molecule has 5 heteroatoms. The molecule has 0 saturated heterocycles. The molecule has 0 fully saturated rings. The van der Waals surface area contributed by atoms with E-state index in [0.29, 0.717) is 22.8 Å². The van der Waals surface area contributed by atoms with Gasteiger partial charge in [0.15, 0.2) is 5.78 Å². The van der Waals surface area contributed by atoms with Crippen molar-refractivity contribution in [2.75, 3.05) is 26.4 Å². The van der Waals surface area contributed by atoms with E-state index >= 15 is 0 Å². The van der Waals surface area contributed by atoms with Crippen molar-refractivity contribution in [1.82, 2.24) is 9.88 Å². The van der Waals surface area contributed by atoms with Gasteiger partial charge < -0.3 is 10.6 Å². The van der Waals surface area contributed by atoms with Gasteiger partial charge in [-0.05, 0) is 57.7 Å². The Morgan fingerprint density at radius 2 is 1.86 bits per heavy atom. The first kappa shape index (κ1) is 20.9. The summed E-state index contributed by atoms with van der Waals surface area (Å²) in [6.45, 7) is 0.999. The standard InChI is InChI=1S/C24H24ClN3O/c1-28(2)14-4-3-5-23(29)18-9-6-17(7-10-18)8-13-21-22-15-20(25)12-11-19(22)16-27-24(21)26/h6-7,9-12,15-16H,3-5,14H2,1-2H3,(H2,26,27). The molecule has 1 heterocycles. The highest BCUT2D eigenvalue weighted by Crippen LogP contribution is 2.24. The van der Waals surface area contributed by atoms with Crippen molar-refractivity contribution in [3.8, 4) is 11.8 Å². The quantitative estimate of drug-likeness (QED) is 0.364. The molecule has 3 rings (SSSR count). The number of hydrogen-bond donors (Lipinski definition) is 1. The van der Waals surface area contributed by atoms with Crippen LogP contribution >= 0.6 is 11.6 Å². The van der Waals surface area contributed by atoms with Crippen LogP contribution in [0.5, 0.6) is 0 Å². The van der Waals surface area contributed by atoms with Crippen molar-refractivity contribution in [3.05, 3.63) is 70.4 Å². The zero-order valence-corrected chi connectivity index (χ0v) is 17.5. The Labute approximate surface area is 176 Å². The first-order valence-corrected chi connectivity index (χ1v) is 9.95. The van der Waals surface area contributed by atoms with E-state index in [4.69, 9.17) is 17.3 Å². The Morgan fingerprint density at radius 1 is 1.10 bits per heavy atom. The summed E-state index contributed by atoms with van der Waals surface area (Å²) in [5, 5.41) is 2.43. The maximum absolute atomic E-state index is 12.3. The number of anilines is 1. The van der Waals surface area contributed by atoms with Gasteiger partial charge in [0.1, 0.15) is 5.82 Å². The third kappa shape index (κ3) is 5.57. The molecule has 2 aromatic carbocycles. The fourth-order valence-corrected chi connectivity index (χ4v) is 3.23. The number of hydrogen-bond acceptors (Lipinski definition) is 4. The Hall–Kier alpha value is -2.87. The number of fused-ring (bicyclic) bond motifs is 1. The molecule has 0 aliphatic carbocycles. The highest BCUT2D eigenvalue weighted by atomic mass is 35.5. The highest BCUT2D eigenvalue weighted by Gasteiger charge is 2.07. The predicted molar refractivity (Wildman–Crippen MR) is 120 cm³/mol. The predicted octanol–water partition coefficient (Wildman–Crippen LogP) is 4.78. The molecule has 0 spiro atoms. The molecule has 0 radical (unpaired) electrons. The van der Waals surface area contributed by atoms with Gasteiger partial charge in [0.25, 0.3) is 0 Å². The molecule has 3 aromatic rings. The van der Waals surface area contributed by atoms with Gasteiger partial charge in [-0.25, -0.2) is 4.98 Å². The summed E-state index contributed by atoms with van der Waals surface area (Å²) < 4.78 is 0. The van der Waals surface area contributed by atoms with Crippen LogP contribution in [0.15, 0.2) is 48.7 Å². The molecule has 2 N–H and O–H groups in total. The van der Waals surface area contributed by atoms with E-state index in [0.717, 1.165) is 41.3 Å². The first-order valence-electron chi connectivity index (χ1n) is 9.58. The zero-order chi connectivity index (χ0) is 20.8. The Morgan fingerprint density at radius 3 is 2.59 bits per heavy atom. The lowest BCUT2D eigenvalue weighted by atomic mass is 10.0. The number of nitrogens with zero attached hydrogens (tertiary/aromatic N) is 2. The van der Waals surface area contributed by atoms with Gasteiger partial charge in [-0.3, -0.25) is 4.79 Å². The number of nitrogen functional groups attached to an aromatic ring is 1. The van der Waals surface area contributed by atoms with E-state index < -0.39 is 0 Å². The molecular weight excluding hydrogens is 382 g/mol. The van der Waals surface area contributed by atoms with Crippen molar-refractivity contribution >= 4 is 34.0 Å². The maximum atomic E-state index is 12.3. The van der Waals surface area contributed by atoms with Crippen molar-refractivity contribution in [1.29, 1.82) is 0 Å². The van der Waals surface area contributed by atoms with Crippen LogP contribution in [0.1, 0.15) is 40.7 Å². The average molecular weight is 406 g/mol. The number of pyridine rings is 1. The lowest BCUT2D eigenvalue weighted by Gasteiger charge is -2.08. The van der Waals surface area contributed by atoms with E-state index in [2.05, 4.69) is 21.7 Å². The number of carbonyl (C=O) groups is 1. The molecule has 0 saturated carbocycles. The number of ketones is 1. The molecule has 4 nitrogen and oxygen atoms in total. The van der Waals surface area contributed by atoms with E-state index in [9.17, 15) is 4.79 Å². The van der Waals surface area contributed by atoms with Gasteiger partial charge in [-0.15, -0.1) is 0 Å². The second-order valence-electron chi connectivity index (χ2n) is 7.26. The van der Waals surface area contributed by atoms with Gasteiger partial charge in [-0.2, -0.15) is 0 Å². The van der Waals surface area contributed by atoms with Crippen molar-refractivity contribution in [2.24, 2.45) is 0 Å². The van der Waals surface area contributed by atoms with Gasteiger partial charge in [0.2, 0.25) is 0 Å². The molecule has 1 aromatic heterocycles. The number of carbonyl (C=O) groups excluding carboxylic acids is 1. The van der Waals surface area contributed by atoms with E-state index in [-0.39, 0.29) is 5.78 Å². The van der Waals surface area contributed by atoms with E-state index in [1.54, 1.807) is 6.20 Å². The van der Waals surface area contributed by atoms with Crippen molar-refractivity contribution < 1.29 is 4.79 Å². The number of aromatic nitrogens is 1. The lowest BCUT2D eigenvalue weighted by Crippen LogP contribution is -2.13. The van der Waals surface area contributed by atoms with Crippen LogP contribution in [-0.2, 0) is 0 Å². The highest BCUT2D eigenvalue weighted by molar-refractivity contribution is 6.31. The molecule has 0 aliphatic heterocycles. The van der Waals surface area contributed by atoms with Crippen LogP contribution in [-0.4, -0.2) is 36.3 Å². The summed E-state index contributed by atoms with van der Waals surface area (Å²) in [5.41, 5.74) is 8.23. The monoisotopic (exact) mass is 405 g/mol. The number of rotatable bonds is 6. The third-order valence-corrected chi connectivity index (χ3v) is 4.92. The lowest BCUT2D eigenvalue weighted by molar-refractivity contribution is 0.0978. The summed E-state index contributed by atoms with van der Waals surface area (Å²) in [4.78, 5) is 18.7. The largest absolute Gasteiger partial charge is 0.383 e. The number of Topliss-reactive ketones (excluding diaryl/α,β-unsaturated/α-hetero) is 1. The van der Waals surface area contributed by atoms with E-state index in [1.807, 2.05) is 56.6 Å². The normalized spacial score (nSPS) is 10.8. The second kappa shape index (κ2) is 9.56. The summed E-state index contributed by atoms with van der Waals surface area (Å²) in [6.07, 6.45) is 4.20. The summed E-state index contributed by atoms with van der Waals surface area (Å²) >= 11 is 6.12. The van der Waals surface area contributed by atoms with Crippen molar-refractivity contribution in [3.63, 3.8) is 0 Å². The van der Waals surface area contributed by atoms with Crippen LogP contribution < -0.4 is 5.73 Å². The van der Waals surface area contributed by atoms with Crippen LogP contribution in [0.4, 0.5) is 5.82 Å². The maximum Gasteiger partial charge on any atom is 0.162 e. The van der Waals surface area contributed by atoms with E-state index in [1.165, 1.54) is 0 Å². The number of benzene rings is 2. The smallest absolute Gasteiger partial charge is 0.162 e. The number of halogens is 1. The van der Waals surface area contributed by atoms with Crippen LogP contribution in [0.25, 0.3) is 10.8 Å². The molecule has 0 amide bonds. The van der Waals surface area contributed by atoms with Crippen LogP contribution in [0.2, 0.25) is 5.02 Å². The summed E-state index contributed by atoms with van der Waals surface area (Å²) in [5.74, 6) is 6.77. The van der Waals surface area contributed by atoms with Gasteiger partial charge in [-0.1, -0.05) is 41.6 Å². The Kier molecular flexibility index (Phi) is 6.87. The SMILES string of the molecule is CN(C)CCCCC(=O)c1ccc(C#Cc2c(N)ncc3ccc(Cl)cc23)cc1. The van der Waals surface area contributed by atoms with Gasteiger partial charge in [0.05, 0.1) is 5.56 Å². The van der Waals surface area contributed by atoms with Crippen LogP contribution in [0.3, 0.4) is 0 Å². The second-order valence-corrected chi connectivity index (χ2v) is 7.70. The van der Waals surface area contributed by atoms with Crippen LogP contribution in [0, 0.1) is 11.8 Å². The Balaban J connectivity index is 1.74. The molecule has 0 unspecified atom stereocenters. The van der Waals surface area contributed by atoms with Gasteiger partial charge >= 0.3 is 0 Å². The fraction of sp³-hybridized carbons (Fsp3) is 0.250. The first-order chi connectivity index (χ1) is 13.9. The molecule has 148 valence electrons. The minimum Gasteiger partial charge on any atom is -0.383 e. The number of nitrogens with two attached hydrogens (primary N) is 1.